The fourth-order valence-corrected chi connectivity index (χ4v) is 2.22. The van der Waals surface area contributed by atoms with Crippen molar-refractivity contribution in [3.63, 3.8) is 0 Å². The molecule has 0 aromatic carbocycles. The van der Waals surface area contributed by atoms with E-state index in [0.29, 0.717) is 18.9 Å². The van der Waals surface area contributed by atoms with Crippen LogP contribution in [-0.2, 0) is 11.2 Å². The van der Waals surface area contributed by atoms with Crippen LogP contribution < -0.4 is 11.1 Å². The second-order valence-corrected chi connectivity index (χ2v) is 4.76. The molecule has 3 nitrogen and oxygen atoms in total. The molecule has 0 aliphatic rings. The van der Waals surface area contributed by atoms with Crippen molar-refractivity contribution in [2.75, 3.05) is 13.1 Å². The Balaban J connectivity index is 0.00000225. The Kier molecular flexibility index (Phi) is 8.25. The first-order valence-corrected chi connectivity index (χ1v) is 6.09. The minimum absolute atomic E-state index is 0. The summed E-state index contributed by atoms with van der Waals surface area (Å²) in [4.78, 5) is 12.5. The van der Waals surface area contributed by atoms with Gasteiger partial charge in [-0.05, 0) is 23.8 Å². The van der Waals surface area contributed by atoms with Crippen LogP contribution in [0.25, 0.3) is 0 Å². The minimum Gasteiger partial charge on any atom is -0.356 e. The van der Waals surface area contributed by atoms with E-state index in [0.717, 1.165) is 13.0 Å². The van der Waals surface area contributed by atoms with E-state index in [9.17, 15) is 4.79 Å². The Morgan fingerprint density at radius 1 is 1.62 bits per heavy atom. The van der Waals surface area contributed by atoms with E-state index >= 15 is 0 Å². The summed E-state index contributed by atoms with van der Waals surface area (Å²) in [6, 6.07) is 4.18. The van der Waals surface area contributed by atoms with Crippen LogP contribution in [0, 0.1) is 5.92 Å². The Hall–Kier alpha value is -0.580. The summed E-state index contributed by atoms with van der Waals surface area (Å²) in [7, 11) is 0. The minimum atomic E-state index is 0. The van der Waals surface area contributed by atoms with Gasteiger partial charge < -0.3 is 11.1 Å². The van der Waals surface area contributed by atoms with Gasteiger partial charge in [0.25, 0.3) is 0 Å². The molecule has 0 saturated heterocycles. The maximum absolute atomic E-state index is 11.2. The molecule has 1 heterocycles. The summed E-state index contributed by atoms with van der Waals surface area (Å²) in [6.45, 7) is 3.30. The monoisotopic (exact) mass is 262 g/mol. The third kappa shape index (κ3) is 6.10. The van der Waals surface area contributed by atoms with Crippen LogP contribution in [0.2, 0.25) is 0 Å². The second-order valence-electron chi connectivity index (χ2n) is 3.73. The third-order valence-electron chi connectivity index (χ3n) is 2.15. The first kappa shape index (κ1) is 15.4. The van der Waals surface area contributed by atoms with Crippen molar-refractivity contribution >= 4 is 29.7 Å². The van der Waals surface area contributed by atoms with Crippen LogP contribution >= 0.6 is 23.7 Å². The number of thiophene rings is 1. The zero-order valence-corrected chi connectivity index (χ0v) is 11.1. The highest BCUT2D eigenvalue weighted by atomic mass is 35.5. The second kappa shape index (κ2) is 8.56. The molecule has 16 heavy (non-hydrogen) atoms. The van der Waals surface area contributed by atoms with Crippen molar-refractivity contribution in [3.05, 3.63) is 22.4 Å². The summed E-state index contributed by atoms with van der Waals surface area (Å²) in [5.41, 5.74) is 5.29. The van der Waals surface area contributed by atoms with Gasteiger partial charge in [0.2, 0.25) is 5.91 Å². The summed E-state index contributed by atoms with van der Waals surface area (Å²) in [5, 5.41) is 4.96. The predicted molar refractivity (Wildman–Crippen MR) is 71.1 cm³/mol. The highest BCUT2D eigenvalue weighted by molar-refractivity contribution is 7.09. The van der Waals surface area contributed by atoms with E-state index in [4.69, 9.17) is 5.73 Å². The van der Waals surface area contributed by atoms with Gasteiger partial charge in [0.15, 0.2) is 0 Å². The average molecular weight is 263 g/mol. The summed E-state index contributed by atoms with van der Waals surface area (Å²) >= 11 is 1.76. The molecular weight excluding hydrogens is 244 g/mol. The van der Waals surface area contributed by atoms with Crippen molar-refractivity contribution in [3.8, 4) is 0 Å². The quantitative estimate of drug-likeness (QED) is 0.822. The molecule has 0 aliphatic heterocycles. The van der Waals surface area contributed by atoms with Crippen molar-refractivity contribution in [2.45, 2.75) is 19.8 Å². The van der Waals surface area contributed by atoms with Gasteiger partial charge >= 0.3 is 0 Å². The highest BCUT2D eigenvalue weighted by Gasteiger charge is 2.06. The lowest BCUT2D eigenvalue weighted by Gasteiger charge is -2.11. The van der Waals surface area contributed by atoms with Gasteiger partial charge in [-0.1, -0.05) is 13.0 Å². The molecule has 92 valence electrons. The van der Waals surface area contributed by atoms with Crippen LogP contribution in [0.15, 0.2) is 17.5 Å². The largest absolute Gasteiger partial charge is 0.356 e. The van der Waals surface area contributed by atoms with Crippen LogP contribution in [0.1, 0.15) is 18.2 Å². The third-order valence-corrected chi connectivity index (χ3v) is 3.05. The maximum atomic E-state index is 11.2. The number of nitrogens with two attached hydrogens (primary N) is 1. The normalized spacial score (nSPS) is 11.6. The van der Waals surface area contributed by atoms with E-state index in [1.165, 1.54) is 4.88 Å². The summed E-state index contributed by atoms with van der Waals surface area (Å²) in [5.74, 6) is 0.529. The molecule has 1 atom stereocenters. The van der Waals surface area contributed by atoms with Gasteiger partial charge in [-0.25, -0.2) is 0 Å². The molecule has 0 spiro atoms. The Morgan fingerprint density at radius 2 is 2.38 bits per heavy atom. The van der Waals surface area contributed by atoms with E-state index in [-0.39, 0.29) is 18.3 Å². The molecule has 5 heteroatoms. The van der Waals surface area contributed by atoms with E-state index in [2.05, 4.69) is 29.8 Å². The number of rotatable bonds is 6. The first-order valence-electron chi connectivity index (χ1n) is 5.21. The summed E-state index contributed by atoms with van der Waals surface area (Å²) < 4.78 is 0. The number of hydrogen-bond acceptors (Lipinski definition) is 3. The van der Waals surface area contributed by atoms with E-state index in [1.807, 2.05) is 0 Å². The fourth-order valence-electron chi connectivity index (χ4n) is 1.35. The number of nitrogens with one attached hydrogen (secondary N) is 1. The van der Waals surface area contributed by atoms with Crippen LogP contribution in [0.4, 0.5) is 0 Å². The smallest absolute Gasteiger partial charge is 0.221 e. The molecular formula is C11H19ClN2OS. The number of halogens is 1. The number of hydrogen-bond donors (Lipinski definition) is 2. The molecule has 1 aromatic rings. The lowest BCUT2D eigenvalue weighted by molar-refractivity contribution is -0.121. The van der Waals surface area contributed by atoms with Crippen LogP contribution in [-0.4, -0.2) is 19.0 Å². The number of amides is 1. The van der Waals surface area contributed by atoms with Gasteiger partial charge in [0.1, 0.15) is 0 Å². The molecule has 1 aromatic heterocycles. The van der Waals surface area contributed by atoms with E-state index in [1.54, 1.807) is 11.3 Å². The maximum Gasteiger partial charge on any atom is 0.221 e. The molecule has 3 N–H and O–H groups in total. The number of carbonyl (C=O) groups excluding carboxylic acids is 1. The van der Waals surface area contributed by atoms with Gasteiger partial charge in [-0.3, -0.25) is 4.79 Å². The highest BCUT2D eigenvalue weighted by Crippen LogP contribution is 2.13. The van der Waals surface area contributed by atoms with Gasteiger partial charge in [-0.15, -0.1) is 23.7 Å². The molecule has 1 amide bonds. The van der Waals surface area contributed by atoms with E-state index < -0.39 is 0 Å². The van der Waals surface area contributed by atoms with Gasteiger partial charge in [0.05, 0.1) is 0 Å². The summed E-state index contributed by atoms with van der Waals surface area (Å²) in [6.07, 6.45) is 1.45. The molecule has 1 rings (SSSR count). The Bertz CT molecular complexity index is 290. The standard InChI is InChI=1S/C11H18N2OS.ClH/c1-9(7-10-3-2-6-15-10)8-13-11(14)4-5-12;/h2-3,6,9H,4-5,7-8,12H2,1H3,(H,13,14);1H. The van der Waals surface area contributed by atoms with Gasteiger partial charge in [0, 0.05) is 24.4 Å². The van der Waals surface area contributed by atoms with Crippen molar-refractivity contribution < 1.29 is 4.79 Å². The Morgan fingerprint density at radius 3 is 2.94 bits per heavy atom. The SMILES string of the molecule is CC(CNC(=O)CCN)Cc1cccs1.Cl. The zero-order valence-electron chi connectivity index (χ0n) is 9.44. The lowest BCUT2D eigenvalue weighted by Crippen LogP contribution is -2.30. The van der Waals surface area contributed by atoms with Crippen LogP contribution in [0.3, 0.4) is 0 Å². The Labute approximate surface area is 107 Å². The molecule has 0 saturated carbocycles. The molecule has 1 unspecified atom stereocenters. The predicted octanol–water partition coefficient (Wildman–Crippen LogP) is 1.81. The fraction of sp³-hybridized carbons (Fsp3) is 0.545. The molecule has 0 aliphatic carbocycles. The lowest BCUT2D eigenvalue weighted by atomic mass is 10.1. The van der Waals surface area contributed by atoms with Crippen molar-refractivity contribution in [1.82, 2.24) is 5.32 Å². The molecule has 0 bridgehead atoms. The molecule has 0 fully saturated rings. The number of carbonyl (C=O) groups is 1. The van der Waals surface area contributed by atoms with Crippen molar-refractivity contribution in [1.29, 1.82) is 0 Å². The first-order chi connectivity index (χ1) is 7.22. The van der Waals surface area contributed by atoms with Gasteiger partial charge in [-0.2, -0.15) is 0 Å². The molecule has 0 radical (unpaired) electrons. The van der Waals surface area contributed by atoms with Crippen molar-refractivity contribution in [2.24, 2.45) is 11.7 Å². The topological polar surface area (TPSA) is 55.1 Å². The van der Waals surface area contributed by atoms with Crippen LogP contribution in [0.5, 0.6) is 0 Å². The zero-order chi connectivity index (χ0) is 11.1. The average Bonchev–Trinajstić information content (AvgIpc) is 2.68.